The van der Waals surface area contributed by atoms with E-state index in [4.69, 9.17) is 4.52 Å². The Morgan fingerprint density at radius 3 is 2.54 bits per heavy atom. The molecule has 0 spiro atoms. The summed E-state index contributed by atoms with van der Waals surface area (Å²) in [5.74, 6) is 1.23. The molecule has 0 saturated heterocycles. The third kappa shape index (κ3) is 2.72. The first kappa shape index (κ1) is 10.0. The number of hydrogen-bond donors (Lipinski definition) is 1. The number of aromatic nitrogens is 2. The summed E-state index contributed by atoms with van der Waals surface area (Å²) in [6.45, 7) is 8.29. The highest BCUT2D eigenvalue weighted by molar-refractivity contribution is 5.20. The van der Waals surface area contributed by atoms with Gasteiger partial charge in [-0.25, -0.2) is 0 Å². The smallest absolute Gasteiger partial charge is 0.321 e. The Balaban J connectivity index is 2.56. The molecule has 1 aromatic heterocycles. The van der Waals surface area contributed by atoms with E-state index in [9.17, 15) is 0 Å². The minimum atomic E-state index is 0.403. The molecule has 1 rings (SSSR count). The van der Waals surface area contributed by atoms with Crippen LogP contribution < -0.4 is 5.32 Å². The van der Waals surface area contributed by atoms with Gasteiger partial charge in [-0.05, 0) is 19.3 Å². The van der Waals surface area contributed by atoms with Crippen LogP contribution in [-0.2, 0) is 0 Å². The van der Waals surface area contributed by atoms with Gasteiger partial charge >= 0.3 is 6.01 Å². The van der Waals surface area contributed by atoms with E-state index in [1.807, 2.05) is 6.92 Å². The molecule has 4 heteroatoms. The van der Waals surface area contributed by atoms with Crippen LogP contribution in [0.4, 0.5) is 6.01 Å². The van der Waals surface area contributed by atoms with Crippen molar-refractivity contribution in [2.24, 2.45) is 5.92 Å². The lowest BCUT2D eigenvalue weighted by Gasteiger charge is -2.18. The van der Waals surface area contributed by atoms with Gasteiger partial charge in [0.05, 0.1) is 0 Å². The van der Waals surface area contributed by atoms with Gasteiger partial charge in [-0.2, -0.15) is 4.98 Å². The van der Waals surface area contributed by atoms with Crippen molar-refractivity contribution < 1.29 is 4.52 Å². The number of hydrogen-bond acceptors (Lipinski definition) is 4. The fraction of sp³-hybridized carbons (Fsp3) is 0.778. The van der Waals surface area contributed by atoms with E-state index in [0.29, 0.717) is 23.8 Å². The first-order chi connectivity index (χ1) is 6.13. The molecule has 0 aromatic carbocycles. The summed E-state index contributed by atoms with van der Waals surface area (Å²) >= 11 is 0. The SMILES string of the molecule is CCC(Nc1nc(C)no1)C(C)C. The predicted molar refractivity (Wildman–Crippen MR) is 51.6 cm³/mol. The topological polar surface area (TPSA) is 51.0 Å². The van der Waals surface area contributed by atoms with Crippen molar-refractivity contribution in [1.29, 1.82) is 0 Å². The molecule has 13 heavy (non-hydrogen) atoms. The zero-order valence-corrected chi connectivity index (χ0v) is 8.66. The molecule has 0 aliphatic carbocycles. The monoisotopic (exact) mass is 183 g/mol. The molecule has 0 aliphatic rings. The van der Waals surface area contributed by atoms with E-state index in [2.05, 4.69) is 36.2 Å². The average molecular weight is 183 g/mol. The first-order valence-electron chi connectivity index (χ1n) is 4.70. The van der Waals surface area contributed by atoms with Crippen molar-refractivity contribution in [3.63, 3.8) is 0 Å². The van der Waals surface area contributed by atoms with Crippen LogP contribution in [0.1, 0.15) is 33.0 Å². The third-order valence-corrected chi connectivity index (χ3v) is 2.08. The predicted octanol–water partition coefficient (Wildman–Crippen LogP) is 2.22. The highest BCUT2D eigenvalue weighted by Crippen LogP contribution is 2.12. The Morgan fingerprint density at radius 1 is 1.46 bits per heavy atom. The summed E-state index contributed by atoms with van der Waals surface area (Å²) in [4.78, 5) is 4.09. The van der Waals surface area contributed by atoms with Crippen molar-refractivity contribution in [2.45, 2.75) is 40.2 Å². The Bertz CT molecular complexity index is 257. The van der Waals surface area contributed by atoms with Crippen LogP contribution in [0.25, 0.3) is 0 Å². The van der Waals surface area contributed by atoms with E-state index in [1.165, 1.54) is 0 Å². The molecule has 74 valence electrons. The van der Waals surface area contributed by atoms with Gasteiger partial charge in [0.15, 0.2) is 5.82 Å². The molecule has 1 atom stereocenters. The third-order valence-electron chi connectivity index (χ3n) is 2.08. The summed E-state index contributed by atoms with van der Waals surface area (Å²) in [7, 11) is 0. The molecule has 1 unspecified atom stereocenters. The summed E-state index contributed by atoms with van der Waals surface area (Å²) < 4.78 is 4.97. The Morgan fingerprint density at radius 2 is 2.15 bits per heavy atom. The van der Waals surface area contributed by atoms with E-state index >= 15 is 0 Å². The molecule has 0 bridgehead atoms. The molecule has 0 radical (unpaired) electrons. The van der Waals surface area contributed by atoms with Crippen LogP contribution in [-0.4, -0.2) is 16.2 Å². The largest absolute Gasteiger partial charge is 0.335 e. The zero-order valence-electron chi connectivity index (χ0n) is 8.66. The van der Waals surface area contributed by atoms with Gasteiger partial charge in [0, 0.05) is 6.04 Å². The Labute approximate surface area is 78.7 Å². The molecular weight excluding hydrogens is 166 g/mol. The zero-order chi connectivity index (χ0) is 9.84. The molecule has 4 nitrogen and oxygen atoms in total. The number of aryl methyl sites for hydroxylation is 1. The minimum absolute atomic E-state index is 0.403. The lowest BCUT2D eigenvalue weighted by molar-refractivity contribution is 0.409. The summed E-state index contributed by atoms with van der Waals surface area (Å²) in [6.07, 6.45) is 1.05. The van der Waals surface area contributed by atoms with Crippen molar-refractivity contribution in [1.82, 2.24) is 10.1 Å². The minimum Gasteiger partial charge on any atom is -0.335 e. The van der Waals surface area contributed by atoms with Gasteiger partial charge in [-0.15, -0.1) is 0 Å². The van der Waals surface area contributed by atoms with Crippen molar-refractivity contribution in [3.05, 3.63) is 5.82 Å². The molecule has 0 fully saturated rings. The van der Waals surface area contributed by atoms with Gasteiger partial charge in [0.1, 0.15) is 0 Å². The second-order valence-corrected chi connectivity index (χ2v) is 3.55. The molecule has 1 heterocycles. The summed E-state index contributed by atoms with van der Waals surface area (Å²) in [6, 6.07) is 0.929. The molecule has 1 aromatic rings. The quantitative estimate of drug-likeness (QED) is 0.777. The second-order valence-electron chi connectivity index (χ2n) is 3.55. The molecule has 0 saturated carbocycles. The van der Waals surface area contributed by atoms with Crippen LogP contribution in [0.15, 0.2) is 4.52 Å². The lowest BCUT2D eigenvalue weighted by atomic mass is 10.0. The number of nitrogens with one attached hydrogen (secondary N) is 1. The number of rotatable bonds is 4. The van der Waals surface area contributed by atoms with Crippen LogP contribution in [0.5, 0.6) is 0 Å². The highest BCUT2D eigenvalue weighted by Gasteiger charge is 2.13. The Hall–Kier alpha value is -1.06. The molecule has 0 aliphatic heterocycles. The van der Waals surface area contributed by atoms with E-state index in [1.54, 1.807) is 0 Å². The average Bonchev–Trinajstić information content (AvgIpc) is 2.46. The second kappa shape index (κ2) is 4.25. The summed E-state index contributed by atoms with van der Waals surface area (Å²) in [5, 5.41) is 6.92. The normalized spacial score (nSPS) is 13.3. The van der Waals surface area contributed by atoms with Gasteiger partial charge in [0.25, 0.3) is 0 Å². The van der Waals surface area contributed by atoms with Gasteiger partial charge in [-0.3, -0.25) is 0 Å². The van der Waals surface area contributed by atoms with Gasteiger partial charge in [0.2, 0.25) is 0 Å². The number of nitrogens with zero attached hydrogens (tertiary/aromatic N) is 2. The lowest BCUT2D eigenvalue weighted by Crippen LogP contribution is -2.24. The van der Waals surface area contributed by atoms with Crippen LogP contribution >= 0.6 is 0 Å². The molecular formula is C9H17N3O. The standard InChI is InChI=1S/C9H17N3O/c1-5-8(6(2)3)11-9-10-7(4)12-13-9/h6,8H,5H2,1-4H3,(H,10,11,12). The highest BCUT2D eigenvalue weighted by atomic mass is 16.5. The van der Waals surface area contributed by atoms with Gasteiger partial charge in [-0.1, -0.05) is 25.9 Å². The molecule has 1 N–H and O–H groups in total. The van der Waals surface area contributed by atoms with Crippen molar-refractivity contribution in [3.8, 4) is 0 Å². The fourth-order valence-corrected chi connectivity index (χ4v) is 1.25. The Kier molecular flexibility index (Phi) is 3.28. The van der Waals surface area contributed by atoms with E-state index < -0.39 is 0 Å². The van der Waals surface area contributed by atoms with Crippen LogP contribution in [0.3, 0.4) is 0 Å². The van der Waals surface area contributed by atoms with E-state index in [-0.39, 0.29) is 0 Å². The van der Waals surface area contributed by atoms with Gasteiger partial charge < -0.3 is 9.84 Å². The van der Waals surface area contributed by atoms with Crippen molar-refractivity contribution in [2.75, 3.05) is 5.32 Å². The van der Waals surface area contributed by atoms with E-state index in [0.717, 1.165) is 6.42 Å². The number of anilines is 1. The van der Waals surface area contributed by atoms with Crippen molar-refractivity contribution >= 4 is 6.01 Å². The van der Waals surface area contributed by atoms with Crippen LogP contribution in [0.2, 0.25) is 0 Å². The molecule has 0 amide bonds. The summed E-state index contributed by atoms with van der Waals surface area (Å²) in [5.41, 5.74) is 0. The maximum atomic E-state index is 4.97. The maximum Gasteiger partial charge on any atom is 0.321 e. The van der Waals surface area contributed by atoms with Crippen LogP contribution in [0, 0.1) is 12.8 Å². The fourth-order valence-electron chi connectivity index (χ4n) is 1.25. The maximum absolute atomic E-state index is 4.97. The first-order valence-corrected chi connectivity index (χ1v) is 4.70.